The van der Waals surface area contributed by atoms with E-state index in [0.29, 0.717) is 13.2 Å². The average Bonchev–Trinajstić information content (AvgIpc) is 3.44. The Hall–Kier alpha value is -2.10. The zero-order valence-corrected chi connectivity index (χ0v) is 16.7. The number of para-hydroxylation sites is 1. The number of rotatable bonds is 6. The van der Waals surface area contributed by atoms with Crippen molar-refractivity contribution in [1.82, 2.24) is 0 Å². The number of hydrogen-bond acceptors (Lipinski definition) is 3. The van der Waals surface area contributed by atoms with Crippen LogP contribution >= 0.6 is 0 Å². The maximum absolute atomic E-state index is 5.72. The van der Waals surface area contributed by atoms with Crippen molar-refractivity contribution >= 4 is 0 Å². The Kier molecular flexibility index (Phi) is 10.4. The number of hydrogen-bond donors (Lipinski definition) is 0. The van der Waals surface area contributed by atoms with E-state index in [4.69, 9.17) is 14.2 Å². The molecule has 0 aromatic heterocycles. The van der Waals surface area contributed by atoms with Gasteiger partial charge >= 0.3 is 0 Å². The molecular formula is C23H32O3. The highest BCUT2D eigenvalue weighted by Crippen LogP contribution is 2.28. The average molecular weight is 357 g/mol. The van der Waals surface area contributed by atoms with Gasteiger partial charge in [0.15, 0.2) is 6.29 Å². The molecule has 1 aliphatic rings. The van der Waals surface area contributed by atoms with E-state index in [0.717, 1.165) is 11.3 Å². The van der Waals surface area contributed by atoms with Gasteiger partial charge in [0, 0.05) is 6.61 Å². The standard InChI is InChI=1S/C14H14O.C7H12O2.C2H6/c1-12-7-5-6-10-14(12)15-11-13-8-3-2-4-9-13;1-4-8-7-6(9-7)5(2)3;1-2/h2-10H,11H2,1H3;6-7H,2,4H2,1,3H3;1-2H3. The molecule has 0 aliphatic carbocycles. The molecule has 2 atom stereocenters. The van der Waals surface area contributed by atoms with Gasteiger partial charge in [0.25, 0.3) is 0 Å². The maximum Gasteiger partial charge on any atom is 0.188 e. The minimum absolute atomic E-state index is 0.00694. The number of ether oxygens (including phenoxy) is 3. The Morgan fingerprint density at radius 3 is 2.19 bits per heavy atom. The quantitative estimate of drug-likeness (QED) is 0.475. The largest absolute Gasteiger partial charge is 0.489 e. The van der Waals surface area contributed by atoms with Crippen LogP contribution in [0.1, 0.15) is 38.8 Å². The van der Waals surface area contributed by atoms with Crippen molar-refractivity contribution in [2.75, 3.05) is 6.61 Å². The summed E-state index contributed by atoms with van der Waals surface area (Å²) in [5.41, 5.74) is 3.42. The smallest absolute Gasteiger partial charge is 0.188 e. The van der Waals surface area contributed by atoms with Crippen molar-refractivity contribution in [1.29, 1.82) is 0 Å². The molecule has 3 nitrogen and oxygen atoms in total. The minimum atomic E-state index is 0.00694. The summed E-state index contributed by atoms with van der Waals surface area (Å²) in [5.74, 6) is 0.960. The zero-order chi connectivity index (χ0) is 19.4. The Labute approximate surface area is 158 Å². The van der Waals surface area contributed by atoms with Gasteiger partial charge in [-0.1, -0.05) is 69.0 Å². The highest BCUT2D eigenvalue weighted by molar-refractivity contribution is 5.32. The predicted octanol–water partition coefficient (Wildman–Crippen LogP) is 5.92. The van der Waals surface area contributed by atoms with Crippen LogP contribution in [0.5, 0.6) is 5.75 Å². The SMILES string of the molecule is C=C(C)C1OC1OCC.CC.Cc1ccccc1OCc1ccccc1. The van der Waals surface area contributed by atoms with Crippen LogP contribution in [0.4, 0.5) is 0 Å². The van der Waals surface area contributed by atoms with E-state index in [-0.39, 0.29) is 12.4 Å². The summed E-state index contributed by atoms with van der Waals surface area (Å²) in [4.78, 5) is 0. The van der Waals surface area contributed by atoms with Gasteiger partial charge in [-0.25, -0.2) is 0 Å². The number of aryl methyl sites for hydroxylation is 1. The molecule has 3 heteroatoms. The fraction of sp³-hybridized carbons (Fsp3) is 0.391. The van der Waals surface area contributed by atoms with Crippen molar-refractivity contribution < 1.29 is 14.2 Å². The molecule has 0 spiro atoms. The first-order valence-corrected chi connectivity index (χ1v) is 9.26. The predicted molar refractivity (Wildman–Crippen MR) is 108 cm³/mol. The third-order valence-corrected chi connectivity index (χ3v) is 3.60. The van der Waals surface area contributed by atoms with Crippen LogP contribution in [-0.2, 0) is 16.1 Å². The van der Waals surface area contributed by atoms with Crippen molar-refractivity contribution in [2.45, 2.75) is 53.6 Å². The third kappa shape index (κ3) is 7.85. The van der Waals surface area contributed by atoms with Crippen LogP contribution in [0.25, 0.3) is 0 Å². The summed E-state index contributed by atoms with van der Waals surface area (Å²) in [6, 6.07) is 18.3. The molecule has 0 bridgehead atoms. The Morgan fingerprint density at radius 1 is 1.04 bits per heavy atom. The van der Waals surface area contributed by atoms with Crippen LogP contribution in [0.3, 0.4) is 0 Å². The van der Waals surface area contributed by atoms with E-state index < -0.39 is 0 Å². The Bertz CT molecular complexity index is 637. The normalized spacial score (nSPS) is 17.1. The van der Waals surface area contributed by atoms with E-state index in [1.54, 1.807) is 0 Å². The van der Waals surface area contributed by atoms with Crippen LogP contribution < -0.4 is 4.74 Å². The van der Waals surface area contributed by atoms with E-state index in [2.05, 4.69) is 31.7 Å². The molecule has 142 valence electrons. The lowest BCUT2D eigenvalue weighted by Gasteiger charge is -2.08. The molecule has 0 N–H and O–H groups in total. The van der Waals surface area contributed by atoms with Gasteiger partial charge in [0.2, 0.25) is 0 Å². The van der Waals surface area contributed by atoms with Crippen LogP contribution in [0.2, 0.25) is 0 Å². The molecule has 0 saturated carbocycles. The van der Waals surface area contributed by atoms with Gasteiger partial charge < -0.3 is 14.2 Å². The first-order valence-electron chi connectivity index (χ1n) is 9.26. The Balaban J connectivity index is 0.000000263. The summed E-state index contributed by atoms with van der Waals surface area (Å²) in [5, 5.41) is 0. The van der Waals surface area contributed by atoms with E-state index in [1.165, 1.54) is 11.1 Å². The zero-order valence-electron chi connectivity index (χ0n) is 16.7. The molecule has 3 rings (SSSR count). The highest BCUT2D eigenvalue weighted by atomic mass is 16.8. The molecule has 2 unspecified atom stereocenters. The lowest BCUT2D eigenvalue weighted by molar-refractivity contribution is 0.0593. The molecule has 0 amide bonds. The molecule has 2 aromatic carbocycles. The molecule has 0 radical (unpaired) electrons. The van der Waals surface area contributed by atoms with Crippen molar-refractivity contribution in [2.24, 2.45) is 0 Å². The molecule has 1 heterocycles. The second-order valence-electron chi connectivity index (χ2n) is 5.77. The van der Waals surface area contributed by atoms with Gasteiger partial charge in [-0.15, -0.1) is 0 Å². The van der Waals surface area contributed by atoms with Crippen LogP contribution in [0.15, 0.2) is 66.7 Å². The summed E-state index contributed by atoms with van der Waals surface area (Å²) in [7, 11) is 0. The first-order chi connectivity index (χ1) is 12.6. The van der Waals surface area contributed by atoms with Crippen molar-refractivity contribution in [3.8, 4) is 5.75 Å². The molecule has 2 aromatic rings. The highest BCUT2D eigenvalue weighted by Gasteiger charge is 2.39. The second kappa shape index (κ2) is 12.3. The topological polar surface area (TPSA) is 31.0 Å². The molecule has 1 saturated heterocycles. The number of epoxide rings is 1. The summed E-state index contributed by atoms with van der Waals surface area (Å²) >= 11 is 0. The molecule has 26 heavy (non-hydrogen) atoms. The monoisotopic (exact) mass is 356 g/mol. The van der Waals surface area contributed by atoms with E-state index in [9.17, 15) is 0 Å². The molecule has 1 fully saturated rings. The van der Waals surface area contributed by atoms with Crippen LogP contribution in [0, 0.1) is 6.92 Å². The summed E-state index contributed by atoms with van der Waals surface area (Å²) < 4.78 is 16.0. The van der Waals surface area contributed by atoms with Crippen molar-refractivity contribution in [3.63, 3.8) is 0 Å². The second-order valence-corrected chi connectivity index (χ2v) is 5.77. The van der Waals surface area contributed by atoms with E-state index in [1.807, 2.05) is 64.1 Å². The van der Waals surface area contributed by atoms with Gasteiger partial charge in [-0.3, -0.25) is 0 Å². The number of benzene rings is 2. The lowest BCUT2D eigenvalue weighted by atomic mass is 10.2. The van der Waals surface area contributed by atoms with Gasteiger partial charge in [0.05, 0.1) is 0 Å². The first kappa shape index (κ1) is 21.9. The summed E-state index contributed by atoms with van der Waals surface area (Å²) in [6.45, 7) is 15.1. The lowest BCUT2D eigenvalue weighted by Crippen LogP contribution is -1.99. The van der Waals surface area contributed by atoms with Gasteiger partial charge in [-0.05, 0) is 43.5 Å². The Morgan fingerprint density at radius 2 is 1.65 bits per heavy atom. The fourth-order valence-electron chi connectivity index (χ4n) is 2.19. The molecular weight excluding hydrogens is 324 g/mol. The van der Waals surface area contributed by atoms with Crippen LogP contribution in [-0.4, -0.2) is 19.0 Å². The van der Waals surface area contributed by atoms with E-state index >= 15 is 0 Å². The van der Waals surface area contributed by atoms with Gasteiger partial charge in [0.1, 0.15) is 18.5 Å². The fourth-order valence-corrected chi connectivity index (χ4v) is 2.19. The third-order valence-electron chi connectivity index (χ3n) is 3.60. The maximum atomic E-state index is 5.72. The molecule has 1 aliphatic heterocycles. The minimum Gasteiger partial charge on any atom is -0.489 e. The van der Waals surface area contributed by atoms with Crippen molar-refractivity contribution in [3.05, 3.63) is 77.9 Å². The summed E-state index contributed by atoms with van der Waals surface area (Å²) in [6.07, 6.45) is 0.178. The van der Waals surface area contributed by atoms with Gasteiger partial charge in [-0.2, -0.15) is 0 Å².